The first-order valence-corrected chi connectivity index (χ1v) is 11.0. The molecule has 0 fully saturated rings. The van der Waals surface area contributed by atoms with Crippen LogP contribution in [0.3, 0.4) is 0 Å². The molecule has 0 unspecified atom stereocenters. The minimum Gasteiger partial charge on any atom is -0.466 e. The number of rotatable bonds is 20. The second-order valence-electron chi connectivity index (χ2n) is 7.33. The van der Waals surface area contributed by atoms with E-state index in [0.29, 0.717) is 13.0 Å². The van der Waals surface area contributed by atoms with Crippen LogP contribution in [0.5, 0.6) is 0 Å². The first kappa shape index (κ1) is 24.4. The summed E-state index contributed by atoms with van der Waals surface area (Å²) in [4.78, 5) is 11.4. The fourth-order valence-electron chi connectivity index (χ4n) is 3.07. The number of unbranched alkanes of at least 4 members (excludes halogenated alkanes) is 15. The van der Waals surface area contributed by atoms with Gasteiger partial charge >= 0.3 is 5.97 Å². The molecule has 0 rings (SSSR count). The summed E-state index contributed by atoms with van der Waals surface area (Å²) in [6.07, 6.45) is 21.5. The van der Waals surface area contributed by atoms with E-state index in [0.717, 1.165) is 38.5 Å². The van der Waals surface area contributed by atoms with E-state index in [1.165, 1.54) is 70.6 Å². The molecule has 149 valence electrons. The molecule has 3 heteroatoms. The number of ether oxygens (including phenoxy) is 1. The normalized spacial score (nSPS) is 11.0. The standard InChI is InChI=1S/C22H43O3/c1-2-3-21-25-22(24)19-17-15-13-11-9-7-5-4-6-8-10-12-14-16-18-20-23/h2-21H2,1H3. The van der Waals surface area contributed by atoms with E-state index in [4.69, 9.17) is 4.74 Å². The zero-order chi connectivity index (χ0) is 18.4. The molecular weight excluding hydrogens is 312 g/mol. The van der Waals surface area contributed by atoms with Gasteiger partial charge in [-0.15, -0.1) is 0 Å². The van der Waals surface area contributed by atoms with Crippen molar-refractivity contribution in [1.82, 2.24) is 0 Å². The van der Waals surface area contributed by atoms with Crippen molar-refractivity contribution in [2.75, 3.05) is 13.2 Å². The van der Waals surface area contributed by atoms with E-state index < -0.39 is 0 Å². The second kappa shape index (κ2) is 21.5. The topological polar surface area (TPSA) is 46.2 Å². The first-order valence-electron chi connectivity index (χ1n) is 11.0. The SMILES string of the molecule is CCCCOC(=O)CCCCCCCCCCCCCCCCC[O]. The highest BCUT2D eigenvalue weighted by atomic mass is 16.5. The molecule has 0 saturated carbocycles. The van der Waals surface area contributed by atoms with E-state index in [9.17, 15) is 9.90 Å². The smallest absolute Gasteiger partial charge is 0.305 e. The van der Waals surface area contributed by atoms with E-state index in [1.54, 1.807) is 0 Å². The lowest BCUT2D eigenvalue weighted by Gasteiger charge is -2.04. The van der Waals surface area contributed by atoms with Gasteiger partial charge in [0.25, 0.3) is 0 Å². The summed E-state index contributed by atoms with van der Waals surface area (Å²) in [6, 6.07) is 0. The van der Waals surface area contributed by atoms with Gasteiger partial charge in [-0.2, -0.15) is 0 Å². The van der Waals surface area contributed by atoms with Crippen molar-refractivity contribution >= 4 is 5.97 Å². The Hall–Kier alpha value is -0.570. The quantitative estimate of drug-likeness (QED) is 0.174. The summed E-state index contributed by atoms with van der Waals surface area (Å²) in [7, 11) is 0. The van der Waals surface area contributed by atoms with Crippen molar-refractivity contribution in [1.29, 1.82) is 0 Å². The Kier molecular flexibility index (Phi) is 21.0. The van der Waals surface area contributed by atoms with E-state index >= 15 is 0 Å². The molecule has 0 aromatic rings. The van der Waals surface area contributed by atoms with Crippen LogP contribution in [0, 0.1) is 0 Å². The highest BCUT2D eigenvalue weighted by Crippen LogP contribution is 2.13. The number of hydrogen-bond donors (Lipinski definition) is 0. The average molecular weight is 356 g/mol. The molecule has 25 heavy (non-hydrogen) atoms. The molecule has 0 aliphatic carbocycles. The van der Waals surface area contributed by atoms with Gasteiger partial charge in [0.1, 0.15) is 0 Å². The van der Waals surface area contributed by atoms with Crippen LogP contribution >= 0.6 is 0 Å². The van der Waals surface area contributed by atoms with Gasteiger partial charge in [0, 0.05) is 6.42 Å². The number of carbonyl (C=O) groups excluding carboxylic acids is 1. The van der Waals surface area contributed by atoms with Crippen LogP contribution in [-0.2, 0) is 14.6 Å². The number of hydrogen-bond acceptors (Lipinski definition) is 2. The van der Waals surface area contributed by atoms with Gasteiger partial charge in [-0.05, 0) is 19.3 Å². The van der Waals surface area contributed by atoms with E-state index in [2.05, 4.69) is 6.92 Å². The molecular formula is C22H43O3. The first-order chi connectivity index (χ1) is 12.3. The summed E-state index contributed by atoms with van der Waals surface area (Å²) in [5.41, 5.74) is 0. The molecule has 0 aromatic carbocycles. The molecule has 0 aliphatic heterocycles. The summed E-state index contributed by atoms with van der Waals surface area (Å²) >= 11 is 0. The highest BCUT2D eigenvalue weighted by Gasteiger charge is 2.01. The third-order valence-electron chi connectivity index (χ3n) is 4.79. The Labute approximate surface area is 156 Å². The summed E-state index contributed by atoms with van der Waals surface area (Å²) in [5.74, 6) is -0.0149. The fraction of sp³-hybridized carbons (Fsp3) is 0.955. The Morgan fingerprint density at radius 3 is 1.40 bits per heavy atom. The van der Waals surface area contributed by atoms with Gasteiger partial charge in [0.15, 0.2) is 0 Å². The van der Waals surface area contributed by atoms with E-state index in [1.807, 2.05) is 0 Å². The number of esters is 1. The Morgan fingerprint density at radius 1 is 0.600 bits per heavy atom. The van der Waals surface area contributed by atoms with Crippen LogP contribution in [-0.4, -0.2) is 19.2 Å². The van der Waals surface area contributed by atoms with Crippen molar-refractivity contribution in [3.8, 4) is 0 Å². The Balaban J connectivity index is 3.06. The summed E-state index contributed by atoms with van der Waals surface area (Å²) < 4.78 is 5.16. The third-order valence-corrected chi connectivity index (χ3v) is 4.79. The average Bonchev–Trinajstić information content (AvgIpc) is 2.61. The van der Waals surface area contributed by atoms with Gasteiger partial charge in [-0.25, -0.2) is 5.11 Å². The van der Waals surface area contributed by atoms with Crippen LogP contribution in [0.15, 0.2) is 0 Å². The van der Waals surface area contributed by atoms with E-state index in [-0.39, 0.29) is 12.6 Å². The molecule has 0 bridgehead atoms. The van der Waals surface area contributed by atoms with Crippen LogP contribution in [0.2, 0.25) is 0 Å². The largest absolute Gasteiger partial charge is 0.466 e. The van der Waals surface area contributed by atoms with Crippen LogP contribution in [0.25, 0.3) is 0 Å². The maximum absolute atomic E-state index is 11.4. The zero-order valence-corrected chi connectivity index (χ0v) is 16.9. The molecule has 0 amide bonds. The molecule has 0 aliphatic rings. The van der Waals surface area contributed by atoms with Crippen LogP contribution in [0.4, 0.5) is 0 Å². The molecule has 0 N–H and O–H groups in total. The molecule has 3 nitrogen and oxygen atoms in total. The molecule has 0 saturated heterocycles. The number of carbonyl (C=O) groups is 1. The van der Waals surface area contributed by atoms with Crippen molar-refractivity contribution in [3.05, 3.63) is 0 Å². The molecule has 0 spiro atoms. The fourth-order valence-corrected chi connectivity index (χ4v) is 3.07. The molecule has 0 aromatic heterocycles. The van der Waals surface area contributed by atoms with Gasteiger partial charge in [0.05, 0.1) is 13.2 Å². The highest BCUT2D eigenvalue weighted by molar-refractivity contribution is 5.69. The minimum atomic E-state index is -0.0149. The van der Waals surface area contributed by atoms with Crippen LogP contribution < -0.4 is 0 Å². The Morgan fingerprint density at radius 2 is 1.00 bits per heavy atom. The lowest BCUT2D eigenvalue weighted by Crippen LogP contribution is -2.05. The Bertz CT molecular complexity index is 266. The maximum Gasteiger partial charge on any atom is 0.305 e. The summed E-state index contributed by atoms with van der Waals surface area (Å²) in [5, 5.41) is 10.3. The predicted molar refractivity (Wildman–Crippen MR) is 105 cm³/mol. The lowest BCUT2D eigenvalue weighted by atomic mass is 10.0. The molecule has 0 heterocycles. The lowest BCUT2D eigenvalue weighted by molar-refractivity contribution is -0.143. The van der Waals surface area contributed by atoms with Gasteiger partial charge < -0.3 is 4.74 Å². The van der Waals surface area contributed by atoms with Gasteiger partial charge in [-0.3, -0.25) is 4.79 Å². The zero-order valence-electron chi connectivity index (χ0n) is 16.9. The maximum atomic E-state index is 11.4. The van der Waals surface area contributed by atoms with Crippen molar-refractivity contribution in [2.45, 2.75) is 122 Å². The van der Waals surface area contributed by atoms with Crippen LogP contribution in [0.1, 0.15) is 122 Å². The van der Waals surface area contributed by atoms with Gasteiger partial charge in [-0.1, -0.05) is 96.8 Å². The molecule has 1 radical (unpaired) electrons. The minimum absolute atomic E-state index is 0.0149. The molecule has 0 atom stereocenters. The van der Waals surface area contributed by atoms with Crippen molar-refractivity contribution in [3.63, 3.8) is 0 Å². The van der Waals surface area contributed by atoms with Crippen molar-refractivity contribution < 1.29 is 14.6 Å². The predicted octanol–water partition coefficient (Wildman–Crippen LogP) is 7.00. The van der Waals surface area contributed by atoms with Gasteiger partial charge in [0.2, 0.25) is 0 Å². The monoisotopic (exact) mass is 355 g/mol. The summed E-state index contributed by atoms with van der Waals surface area (Å²) in [6.45, 7) is 2.80. The second-order valence-corrected chi connectivity index (χ2v) is 7.33. The van der Waals surface area contributed by atoms with Crippen molar-refractivity contribution in [2.24, 2.45) is 0 Å². The third kappa shape index (κ3) is 21.4.